The van der Waals surface area contributed by atoms with Gasteiger partial charge in [0.25, 0.3) is 5.69 Å². The second kappa shape index (κ2) is 9.99. The summed E-state index contributed by atoms with van der Waals surface area (Å²) in [7, 11) is 0. The quantitative estimate of drug-likeness (QED) is 0.350. The van der Waals surface area contributed by atoms with Crippen molar-refractivity contribution in [2.75, 3.05) is 24.6 Å². The second-order valence-electron chi connectivity index (χ2n) is 5.80. The van der Waals surface area contributed by atoms with Gasteiger partial charge in [-0.25, -0.2) is 0 Å². The maximum atomic E-state index is 10.8. The zero-order valence-corrected chi connectivity index (χ0v) is 16.5. The third-order valence-electron chi connectivity index (χ3n) is 3.88. The van der Waals surface area contributed by atoms with Crippen LogP contribution in [-0.2, 0) is 0 Å². The summed E-state index contributed by atoms with van der Waals surface area (Å²) in [5, 5.41) is 37.1. The molecule has 0 aliphatic rings. The van der Waals surface area contributed by atoms with Gasteiger partial charge < -0.3 is 10.0 Å². The number of benzene rings is 2. The number of nitrogens with zero attached hydrogens (tertiary/aromatic N) is 5. The average Bonchev–Trinajstić information content (AvgIpc) is 2.65. The van der Waals surface area contributed by atoms with E-state index in [2.05, 4.69) is 16.3 Å². The van der Waals surface area contributed by atoms with Crippen LogP contribution in [0.3, 0.4) is 0 Å². The van der Waals surface area contributed by atoms with Gasteiger partial charge in [-0.1, -0.05) is 23.2 Å². The lowest BCUT2D eigenvalue weighted by Gasteiger charge is -2.23. The van der Waals surface area contributed by atoms with Crippen LogP contribution < -0.4 is 4.90 Å². The standard InChI is InChI=1S/C18H17Cl2N5O3/c1-12-9-13(24(7-8-26)6-2-5-21)3-4-17(12)22-23-18-15(19)10-14(25(27)28)11-16(18)20/h3-4,9-11,26H,2,6-8H2,1H3. The van der Waals surface area contributed by atoms with Crippen molar-refractivity contribution in [1.29, 1.82) is 5.26 Å². The lowest BCUT2D eigenvalue weighted by Crippen LogP contribution is -2.27. The molecule has 0 saturated heterocycles. The van der Waals surface area contributed by atoms with E-state index in [1.54, 1.807) is 6.07 Å². The Morgan fingerprint density at radius 1 is 1.21 bits per heavy atom. The highest BCUT2D eigenvalue weighted by atomic mass is 35.5. The van der Waals surface area contributed by atoms with Gasteiger partial charge in [0.1, 0.15) is 5.69 Å². The fourth-order valence-corrected chi connectivity index (χ4v) is 3.03. The molecule has 0 aromatic heterocycles. The predicted molar refractivity (Wildman–Crippen MR) is 108 cm³/mol. The van der Waals surface area contributed by atoms with Gasteiger partial charge in [0.2, 0.25) is 0 Å². The predicted octanol–water partition coefficient (Wildman–Crippen LogP) is 5.34. The number of nitro benzene ring substituents is 1. The van der Waals surface area contributed by atoms with E-state index in [4.69, 9.17) is 28.5 Å². The summed E-state index contributed by atoms with van der Waals surface area (Å²) < 4.78 is 0. The van der Waals surface area contributed by atoms with E-state index in [-0.39, 0.29) is 28.0 Å². The lowest BCUT2D eigenvalue weighted by atomic mass is 10.1. The number of non-ortho nitro benzene ring substituents is 1. The molecule has 0 radical (unpaired) electrons. The van der Waals surface area contributed by atoms with Crippen LogP contribution in [0.15, 0.2) is 40.6 Å². The largest absolute Gasteiger partial charge is 0.395 e. The summed E-state index contributed by atoms with van der Waals surface area (Å²) in [5.74, 6) is 0. The van der Waals surface area contributed by atoms with Crippen LogP contribution in [-0.4, -0.2) is 29.7 Å². The van der Waals surface area contributed by atoms with Crippen molar-refractivity contribution < 1.29 is 10.0 Å². The zero-order chi connectivity index (χ0) is 20.7. The number of nitro groups is 1. The molecule has 0 aliphatic carbocycles. The summed E-state index contributed by atoms with van der Waals surface area (Å²) in [6.07, 6.45) is 0.345. The molecule has 2 aromatic carbocycles. The number of anilines is 1. The van der Waals surface area contributed by atoms with Crippen LogP contribution in [0.4, 0.5) is 22.7 Å². The average molecular weight is 422 g/mol. The minimum absolute atomic E-state index is 0.0247. The monoisotopic (exact) mass is 421 g/mol. The molecule has 0 aliphatic heterocycles. The normalized spacial score (nSPS) is 10.8. The van der Waals surface area contributed by atoms with Crippen LogP contribution in [0.1, 0.15) is 12.0 Å². The third kappa shape index (κ3) is 5.39. The van der Waals surface area contributed by atoms with E-state index in [9.17, 15) is 15.2 Å². The van der Waals surface area contributed by atoms with Gasteiger partial charge in [-0.05, 0) is 30.7 Å². The minimum Gasteiger partial charge on any atom is -0.395 e. The molecular weight excluding hydrogens is 405 g/mol. The van der Waals surface area contributed by atoms with Gasteiger partial charge in [-0.3, -0.25) is 10.1 Å². The smallest absolute Gasteiger partial charge is 0.272 e. The van der Waals surface area contributed by atoms with Gasteiger partial charge >= 0.3 is 0 Å². The van der Waals surface area contributed by atoms with Crippen molar-refractivity contribution in [3.05, 3.63) is 56.1 Å². The van der Waals surface area contributed by atoms with Gasteiger partial charge in [0, 0.05) is 30.9 Å². The summed E-state index contributed by atoms with van der Waals surface area (Å²) in [6.45, 7) is 2.74. The maximum Gasteiger partial charge on any atom is 0.272 e. The van der Waals surface area contributed by atoms with Crippen LogP contribution >= 0.6 is 23.2 Å². The molecule has 0 saturated carbocycles. The molecule has 2 rings (SSSR count). The van der Waals surface area contributed by atoms with Crippen LogP contribution in [0.25, 0.3) is 0 Å². The highest BCUT2D eigenvalue weighted by molar-refractivity contribution is 6.39. The molecule has 8 nitrogen and oxygen atoms in total. The summed E-state index contributed by atoms with van der Waals surface area (Å²) in [4.78, 5) is 12.1. The number of aliphatic hydroxyl groups is 1. The Kier molecular flexibility index (Phi) is 7.70. The molecule has 0 atom stereocenters. The number of nitriles is 1. The molecule has 0 bridgehead atoms. The zero-order valence-electron chi connectivity index (χ0n) is 15.0. The summed E-state index contributed by atoms with van der Waals surface area (Å²) in [6, 6.07) is 9.86. The SMILES string of the molecule is Cc1cc(N(CCO)CCC#N)ccc1N=Nc1c(Cl)cc([N+](=O)[O-])cc1Cl. The fraction of sp³-hybridized carbons (Fsp3) is 0.278. The Labute approximate surface area is 171 Å². The van der Waals surface area contributed by atoms with Gasteiger partial charge in [-0.15, -0.1) is 5.11 Å². The van der Waals surface area contributed by atoms with E-state index in [1.165, 1.54) is 12.1 Å². The highest BCUT2D eigenvalue weighted by Crippen LogP contribution is 2.38. The second-order valence-corrected chi connectivity index (χ2v) is 6.62. The number of rotatable bonds is 8. The molecular formula is C18H17Cl2N5O3. The fourth-order valence-electron chi connectivity index (χ4n) is 2.48. The molecule has 0 fully saturated rings. The number of aryl methyl sites for hydroxylation is 1. The van der Waals surface area contributed by atoms with Crippen LogP contribution in [0.2, 0.25) is 10.0 Å². The molecule has 0 amide bonds. The van der Waals surface area contributed by atoms with Gasteiger partial charge in [0.15, 0.2) is 0 Å². The first-order chi connectivity index (χ1) is 13.4. The van der Waals surface area contributed by atoms with Crippen LogP contribution in [0.5, 0.6) is 0 Å². The van der Waals surface area contributed by atoms with Crippen molar-refractivity contribution in [2.24, 2.45) is 10.2 Å². The molecule has 2 aromatic rings. The lowest BCUT2D eigenvalue weighted by molar-refractivity contribution is -0.384. The van der Waals surface area contributed by atoms with E-state index in [1.807, 2.05) is 24.0 Å². The molecule has 0 spiro atoms. The Balaban J connectivity index is 2.28. The summed E-state index contributed by atoms with van der Waals surface area (Å²) >= 11 is 12.1. The van der Waals surface area contributed by atoms with Crippen molar-refractivity contribution in [1.82, 2.24) is 0 Å². The molecule has 10 heteroatoms. The van der Waals surface area contributed by atoms with E-state index < -0.39 is 4.92 Å². The van der Waals surface area contributed by atoms with E-state index >= 15 is 0 Å². The van der Waals surface area contributed by atoms with Crippen molar-refractivity contribution >= 4 is 46.0 Å². The third-order valence-corrected chi connectivity index (χ3v) is 4.46. The number of aliphatic hydroxyl groups excluding tert-OH is 1. The topological polar surface area (TPSA) is 115 Å². The Morgan fingerprint density at radius 3 is 2.43 bits per heavy atom. The maximum absolute atomic E-state index is 10.8. The number of hydrogen-bond acceptors (Lipinski definition) is 7. The minimum atomic E-state index is -0.591. The molecule has 28 heavy (non-hydrogen) atoms. The Hall–Kier alpha value is -2.73. The Bertz CT molecular complexity index is 920. The van der Waals surface area contributed by atoms with Crippen molar-refractivity contribution in [3.63, 3.8) is 0 Å². The first kappa shape index (κ1) is 21.6. The molecule has 0 unspecified atom stereocenters. The first-order valence-electron chi connectivity index (χ1n) is 8.26. The molecule has 1 N–H and O–H groups in total. The van der Waals surface area contributed by atoms with Gasteiger partial charge in [-0.2, -0.15) is 10.4 Å². The van der Waals surface area contributed by atoms with Crippen molar-refractivity contribution in [2.45, 2.75) is 13.3 Å². The number of hydrogen-bond donors (Lipinski definition) is 1. The number of halogens is 2. The van der Waals surface area contributed by atoms with Crippen molar-refractivity contribution in [3.8, 4) is 6.07 Å². The van der Waals surface area contributed by atoms with Crippen LogP contribution in [0, 0.1) is 28.4 Å². The summed E-state index contributed by atoms with van der Waals surface area (Å²) in [5.41, 5.74) is 2.16. The highest BCUT2D eigenvalue weighted by Gasteiger charge is 2.15. The van der Waals surface area contributed by atoms with E-state index in [0.717, 1.165) is 11.3 Å². The van der Waals surface area contributed by atoms with E-state index in [0.29, 0.717) is 25.2 Å². The van der Waals surface area contributed by atoms with Gasteiger partial charge in [0.05, 0.1) is 39.8 Å². The first-order valence-corrected chi connectivity index (χ1v) is 9.01. The Morgan fingerprint density at radius 2 is 1.89 bits per heavy atom. The number of azo groups is 1. The molecule has 146 valence electrons. The molecule has 0 heterocycles.